The summed E-state index contributed by atoms with van der Waals surface area (Å²) in [6.07, 6.45) is 3.61. The molecule has 6 nitrogen and oxygen atoms in total. The number of nitrogens with two attached hydrogens (primary N) is 1. The predicted molar refractivity (Wildman–Crippen MR) is 45.6 cm³/mol. The number of nitriles is 1. The molecule has 0 aromatic heterocycles. The van der Waals surface area contributed by atoms with E-state index in [1.54, 1.807) is 0 Å². The van der Waals surface area contributed by atoms with E-state index in [2.05, 4.69) is 10.8 Å². The van der Waals surface area contributed by atoms with Crippen molar-refractivity contribution in [1.29, 1.82) is 5.26 Å². The molecule has 0 atom stereocenters. The van der Waals surface area contributed by atoms with Crippen molar-refractivity contribution in [1.82, 2.24) is 5.43 Å². The van der Waals surface area contributed by atoms with E-state index in [0.29, 0.717) is 0 Å². The molecule has 0 unspecified atom stereocenters. The number of hydrogen-bond acceptors (Lipinski definition) is 4. The molecule has 0 rings (SSSR count). The molecule has 0 radical (unpaired) electrons. The molecule has 0 aromatic carbocycles. The minimum absolute atomic E-state index is 0.156. The van der Waals surface area contributed by atoms with E-state index in [0.717, 1.165) is 6.21 Å². The van der Waals surface area contributed by atoms with E-state index in [4.69, 9.17) is 5.26 Å². The lowest BCUT2D eigenvalue weighted by Gasteiger charge is -1.87. The first-order valence-electron chi connectivity index (χ1n) is 3.32. The second kappa shape index (κ2) is 6.54. The van der Waals surface area contributed by atoms with Crippen LogP contribution < -0.4 is 11.2 Å². The Labute approximate surface area is 74.7 Å². The van der Waals surface area contributed by atoms with E-state index >= 15 is 0 Å². The summed E-state index contributed by atoms with van der Waals surface area (Å²) in [5.41, 5.74) is 6.52. The van der Waals surface area contributed by atoms with Gasteiger partial charge in [-0.25, -0.2) is 10.2 Å². The molecule has 0 aliphatic heterocycles. The average molecular weight is 180 g/mol. The van der Waals surface area contributed by atoms with Gasteiger partial charge < -0.3 is 5.73 Å². The highest BCUT2D eigenvalue weighted by molar-refractivity contribution is 6.32. The number of primary amides is 1. The summed E-state index contributed by atoms with van der Waals surface area (Å²) >= 11 is 0. The third-order valence-electron chi connectivity index (χ3n) is 0.858. The number of hydrazone groups is 1. The number of nitrogens with one attached hydrogen (secondary N) is 1. The van der Waals surface area contributed by atoms with E-state index in [9.17, 15) is 9.59 Å². The highest BCUT2D eigenvalue weighted by atomic mass is 16.2. The van der Waals surface area contributed by atoms with Gasteiger partial charge in [0.1, 0.15) is 0 Å². The fourth-order valence-corrected chi connectivity index (χ4v) is 0.430. The molecule has 2 amide bonds. The van der Waals surface area contributed by atoms with E-state index < -0.39 is 11.8 Å². The number of ketones is 1. The Bertz CT molecular complexity index is 287. The van der Waals surface area contributed by atoms with Crippen LogP contribution in [0.25, 0.3) is 0 Å². The van der Waals surface area contributed by atoms with Crippen molar-refractivity contribution in [3.63, 3.8) is 0 Å². The molecule has 6 heteroatoms. The third-order valence-corrected chi connectivity index (χ3v) is 0.858. The van der Waals surface area contributed by atoms with Crippen molar-refractivity contribution >= 4 is 18.0 Å². The molecule has 0 heterocycles. The lowest BCUT2D eigenvalue weighted by Crippen LogP contribution is -2.24. The largest absolute Gasteiger partial charge is 0.350 e. The second-order valence-corrected chi connectivity index (χ2v) is 1.90. The average Bonchev–Trinajstić information content (AvgIpc) is 2.04. The molecule has 0 aliphatic carbocycles. The Morgan fingerprint density at radius 3 is 2.85 bits per heavy atom. The lowest BCUT2D eigenvalue weighted by atomic mass is 10.3. The highest BCUT2D eigenvalue weighted by Gasteiger charge is 1.89. The van der Waals surface area contributed by atoms with Gasteiger partial charge in [-0.3, -0.25) is 4.79 Å². The van der Waals surface area contributed by atoms with Crippen LogP contribution >= 0.6 is 0 Å². The Hall–Kier alpha value is -2.16. The molecule has 0 saturated carbocycles. The van der Waals surface area contributed by atoms with Gasteiger partial charge in [-0.05, 0) is 6.08 Å². The number of carbonyl (C=O) groups excluding carboxylic acids is 2. The maximum absolute atomic E-state index is 10.8. The van der Waals surface area contributed by atoms with Gasteiger partial charge in [0.2, 0.25) is 0 Å². The Morgan fingerprint density at radius 2 is 2.31 bits per heavy atom. The van der Waals surface area contributed by atoms with Crippen molar-refractivity contribution in [2.75, 3.05) is 0 Å². The summed E-state index contributed by atoms with van der Waals surface area (Å²) in [4.78, 5) is 20.8. The van der Waals surface area contributed by atoms with E-state index in [1.165, 1.54) is 12.2 Å². The van der Waals surface area contributed by atoms with Crippen molar-refractivity contribution in [3.05, 3.63) is 12.2 Å². The van der Waals surface area contributed by atoms with Crippen LogP contribution in [0.3, 0.4) is 0 Å². The minimum Gasteiger partial charge on any atom is -0.350 e. The number of nitrogens with zero attached hydrogens (tertiary/aromatic N) is 2. The molecule has 0 fully saturated rings. The topological polar surface area (TPSA) is 108 Å². The van der Waals surface area contributed by atoms with Crippen LogP contribution in [0.5, 0.6) is 0 Å². The van der Waals surface area contributed by atoms with Crippen LogP contribution in [0.1, 0.15) is 6.42 Å². The number of amides is 2. The van der Waals surface area contributed by atoms with Gasteiger partial charge in [-0.2, -0.15) is 10.4 Å². The van der Waals surface area contributed by atoms with Gasteiger partial charge in [-0.1, -0.05) is 6.08 Å². The zero-order valence-corrected chi connectivity index (χ0v) is 6.73. The molecule has 13 heavy (non-hydrogen) atoms. The van der Waals surface area contributed by atoms with Crippen LogP contribution in [0.4, 0.5) is 4.79 Å². The Morgan fingerprint density at radius 1 is 1.62 bits per heavy atom. The molecule has 0 aliphatic rings. The summed E-state index contributed by atoms with van der Waals surface area (Å²) in [6, 6.07) is 0.982. The predicted octanol–water partition coefficient (Wildman–Crippen LogP) is -0.321. The van der Waals surface area contributed by atoms with Crippen molar-refractivity contribution < 1.29 is 9.59 Å². The first kappa shape index (κ1) is 10.8. The number of rotatable bonds is 4. The Kier molecular flexibility index (Phi) is 5.46. The summed E-state index contributed by atoms with van der Waals surface area (Å²) in [5.74, 6) is -0.427. The summed E-state index contributed by atoms with van der Waals surface area (Å²) in [7, 11) is 0. The van der Waals surface area contributed by atoms with Crippen molar-refractivity contribution in [3.8, 4) is 6.07 Å². The quantitative estimate of drug-likeness (QED) is 0.351. The third kappa shape index (κ3) is 7.74. The number of carbonyl (C=O) groups is 2. The molecule has 3 N–H and O–H groups in total. The molecule has 0 aromatic rings. The normalized spacial score (nSPS) is 10.1. The maximum Gasteiger partial charge on any atom is 0.332 e. The number of urea groups is 1. The van der Waals surface area contributed by atoms with Gasteiger partial charge in [-0.15, -0.1) is 0 Å². The van der Waals surface area contributed by atoms with Gasteiger partial charge in [0, 0.05) is 0 Å². The molecular weight excluding hydrogens is 172 g/mol. The second-order valence-electron chi connectivity index (χ2n) is 1.90. The van der Waals surface area contributed by atoms with Crippen LogP contribution in [-0.2, 0) is 4.79 Å². The standard InChI is InChI=1S/C7H8N4O2/c8-4-2-1-3-6(12)5-10-11-7(9)13/h1,3,5H,2H2,(H3,9,11,13)/b3-1+,10-5+. The van der Waals surface area contributed by atoms with Crippen LogP contribution in [0, 0.1) is 11.3 Å². The number of hydrogen-bond donors (Lipinski definition) is 2. The van der Waals surface area contributed by atoms with Crippen LogP contribution in [0.2, 0.25) is 0 Å². The molecular formula is C7H8N4O2. The first-order valence-corrected chi connectivity index (χ1v) is 3.32. The molecule has 0 saturated heterocycles. The van der Waals surface area contributed by atoms with Gasteiger partial charge >= 0.3 is 6.03 Å². The number of allylic oxidation sites excluding steroid dienone is 2. The molecule has 68 valence electrons. The monoisotopic (exact) mass is 180 g/mol. The van der Waals surface area contributed by atoms with Gasteiger partial charge in [0.05, 0.1) is 18.7 Å². The zero-order valence-electron chi connectivity index (χ0n) is 6.73. The summed E-state index contributed by atoms with van der Waals surface area (Å²) in [6.45, 7) is 0. The molecule has 0 spiro atoms. The van der Waals surface area contributed by atoms with Crippen molar-refractivity contribution in [2.24, 2.45) is 10.8 Å². The fourth-order valence-electron chi connectivity index (χ4n) is 0.430. The van der Waals surface area contributed by atoms with E-state index in [-0.39, 0.29) is 6.42 Å². The zero-order chi connectivity index (χ0) is 10.1. The van der Waals surface area contributed by atoms with E-state index in [1.807, 2.05) is 11.5 Å². The smallest absolute Gasteiger partial charge is 0.332 e. The first-order chi connectivity index (χ1) is 6.16. The SMILES string of the molecule is N#CC/C=C/C(=O)/C=N/NC(N)=O. The van der Waals surface area contributed by atoms with Gasteiger partial charge in [0.25, 0.3) is 0 Å². The van der Waals surface area contributed by atoms with Crippen molar-refractivity contribution in [2.45, 2.75) is 6.42 Å². The Balaban J connectivity index is 3.81. The lowest BCUT2D eigenvalue weighted by molar-refractivity contribution is -0.108. The van der Waals surface area contributed by atoms with Gasteiger partial charge in [0.15, 0.2) is 5.78 Å². The fraction of sp³-hybridized carbons (Fsp3) is 0.143. The molecule has 0 bridgehead atoms. The highest BCUT2D eigenvalue weighted by Crippen LogP contribution is 1.79. The summed E-state index contributed by atoms with van der Waals surface area (Å²) in [5, 5.41) is 11.3. The van der Waals surface area contributed by atoms with Crippen LogP contribution in [0.15, 0.2) is 17.3 Å². The maximum atomic E-state index is 10.8. The van der Waals surface area contributed by atoms with Crippen LogP contribution in [-0.4, -0.2) is 18.0 Å². The summed E-state index contributed by atoms with van der Waals surface area (Å²) < 4.78 is 0. The minimum atomic E-state index is -0.843.